The Labute approximate surface area is 126 Å². The van der Waals surface area contributed by atoms with E-state index in [1.807, 2.05) is 6.07 Å². The zero-order valence-electron chi connectivity index (χ0n) is 12.9. The van der Waals surface area contributed by atoms with Crippen LogP contribution in [-0.2, 0) is 15.9 Å². The Morgan fingerprint density at radius 1 is 1.05 bits per heavy atom. The molecule has 4 heteroatoms. The first-order chi connectivity index (χ1) is 10.2. The quantitative estimate of drug-likeness (QED) is 0.854. The fourth-order valence-electron chi connectivity index (χ4n) is 3.45. The second-order valence-corrected chi connectivity index (χ2v) is 5.94. The van der Waals surface area contributed by atoms with Crippen molar-refractivity contribution in [1.29, 1.82) is 0 Å². The Morgan fingerprint density at radius 2 is 1.71 bits per heavy atom. The van der Waals surface area contributed by atoms with Gasteiger partial charge in [-0.15, -0.1) is 0 Å². The first-order valence-electron chi connectivity index (χ1n) is 7.73. The van der Waals surface area contributed by atoms with E-state index in [0.29, 0.717) is 5.92 Å². The number of methoxy groups -OCH3 is 2. The molecular formula is C17H24O4. The third kappa shape index (κ3) is 3.16. The van der Waals surface area contributed by atoms with Crippen LogP contribution >= 0.6 is 0 Å². The highest BCUT2D eigenvalue weighted by Gasteiger charge is 2.40. The van der Waals surface area contributed by atoms with Gasteiger partial charge in [0.25, 0.3) is 0 Å². The molecule has 0 atom stereocenters. The summed E-state index contributed by atoms with van der Waals surface area (Å²) >= 11 is 0. The SMILES string of the molecule is COc1ccc(CC2CCC3(CC2)OCCO3)cc1OC. The van der Waals surface area contributed by atoms with E-state index in [-0.39, 0.29) is 5.79 Å². The molecule has 1 aliphatic heterocycles. The van der Waals surface area contributed by atoms with E-state index in [9.17, 15) is 0 Å². The summed E-state index contributed by atoms with van der Waals surface area (Å²) in [5, 5.41) is 0. The lowest BCUT2D eigenvalue weighted by Gasteiger charge is -2.35. The van der Waals surface area contributed by atoms with E-state index >= 15 is 0 Å². The van der Waals surface area contributed by atoms with Gasteiger partial charge in [-0.05, 0) is 42.9 Å². The van der Waals surface area contributed by atoms with Crippen LogP contribution in [0.3, 0.4) is 0 Å². The molecular weight excluding hydrogens is 268 g/mol. The maximum atomic E-state index is 5.79. The molecule has 21 heavy (non-hydrogen) atoms. The van der Waals surface area contributed by atoms with Crippen molar-refractivity contribution in [2.24, 2.45) is 5.92 Å². The lowest BCUT2D eigenvalue weighted by Crippen LogP contribution is -2.35. The zero-order chi connectivity index (χ0) is 14.7. The van der Waals surface area contributed by atoms with Crippen molar-refractivity contribution >= 4 is 0 Å². The molecule has 0 aromatic heterocycles. The minimum atomic E-state index is -0.256. The van der Waals surface area contributed by atoms with Gasteiger partial charge >= 0.3 is 0 Å². The topological polar surface area (TPSA) is 36.9 Å². The minimum absolute atomic E-state index is 0.256. The van der Waals surface area contributed by atoms with E-state index in [1.54, 1.807) is 14.2 Å². The average molecular weight is 292 g/mol. The van der Waals surface area contributed by atoms with Crippen LogP contribution < -0.4 is 9.47 Å². The predicted molar refractivity (Wildman–Crippen MR) is 79.8 cm³/mol. The maximum Gasteiger partial charge on any atom is 0.168 e. The number of hydrogen-bond acceptors (Lipinski definition) is 4. The van der Waals surface area contributed by atoms with Gasteiger partial charge in [0, 0.05) is 12.8 Å². The second kappa shape index (κ2) is 6.24. The van der Waals surface area contributed by atoms with Crippen molar-refractivity contribution < 1.29 is 18.9 Å². The van der Waals surface area contributed by atoms with Gasteiger partial charge in [-0.25, -0.2) is 0 Å². The van der Waals surface area contributed by atoms with Crippen molar-refractivity contribution in [3.8, 4) is 11.5 Å². The number of rotatable bonds is 4. The van der Waals surface area contributed by atoms with Gasteiger partial charge in [-0.2, -0.15) is 0 Å². The molecule has 1 saturated carbocycles. The smallest absolute Gasteiger partial charge is 0.168 e. The summed E-state index contributed by atoms with van der Waals surface area (Å²) in [4.78, 5) is 0. The van der Waals surface area contributed by atoms with Crippen molar-refractivity contribution in [2.75, 3.05) is 27.4 Å². The minimum Gasteiger partial charge on any atom is -0.493 e. The van der Waals surface area contributed by atoms with Gasteiger partial charge in [-0.1, -0.05) is 6.07 Å². The molecule has 2 aliphatic rings. The summed E-state index contributed by atoms with van der Waals surface area (Å²) in [7, 11) is 3.35. The Bertz CT molecular complexity index is 470. The average Bonchev–Trinajstić information content (AvgIpc) is 2.98. The van der Waals surface area contributed by atoms with E-state index in [2.05, 4.69) is 12.1 Å². The van der Waals surface area contributed by atoms with Crippen LogP contribution in [0.1, 0.15) is 31.2 Å². The first kappa shape index (κ1) is 14.7. The van der Waals surface area contributed by atoms with Crippen LogP contribution in [0.5, 0.6) is 11.5 Å². The standard InChI is InChI=1S/C17H24O4/c1-18-15-4-3-14(12-16(15)19-2)11-13-5-7-17(8-6-13)20-9-10-21-17/h3-4,12-13H,5-11H2,1-2H3. The molecule has 3 rings (SSSR count). The Balaban J connectivity index is 1.60. The summed E-state index contributed by atoms with van der Waals surface area (Å²) in [6, 6.07) is 6.21. The Morgan fingerprint density at radius 3 is 2.33 bits per heavy atom. The second-order valence-electron chi connectivity index (χ2n) is 5.94. The highest BCUT2D eigenvalue weighted by molar-refractivity contribution is 5.43. The predicted octanol–water partition coefficient (Wildman–Crippen LogP) is 3.18. The van der Waals surface area contributed by atoms with E-state index in [4.69, 9.17) is 18.9 Å². The van der Waals surface area contributed by atoms with E-state index < -0.39 is 0 Å². The van der Waals surface area contributed by atoms with Crippen LogP contribution in [0.15, 0.2) is 18.2 Å². The molecule has 0 amide bonds. The molecule has 1 aromatic carbocycles. The summed E-state index contributed by atoms with van der Waals surface area (Å²) in [6.07, 6.45) is 5.44. The third-order valence-corrected chi connectivity index (χ3v) is 4.65. The van der Waals surface area contributed by atoms with Crippen molar-refractivity contribution in [2.45, 2.75) is 37.9 Å². The normalized spacial score (nSPS) is 21.6. The molecule has 1 saturated heterocycles. The van der Waals surface area contributed by atoms with Crippen LogP contribution in [0.25, 0.3) is 0 Å². The van der Waals surface area contributed by atoms with Crippen LogP contribution in [-0.4, -0.2) is 33.2 Å². The lowest BCUT2D eigenvalue weighted by atomic mass is 9.81. The number of ether oxygens (including phenoxy) is 4. The molecule has 2 fully saturated rings. The summed E-state index contributed by atoms with van der Waals surface area (Å²) in [6.45, 7) is 1.50. The van der Waals surface area contributed by atoms with Gasteiger partial charge in [0.2, 0.25) is 0 Å². The van der Waals surface area contributed by atoms with Gasteiger partial charge in [0.05, 0.1) is 27.4 Å². The molecule has 1 spiro atoms. The van der Waals surface area contributed by atoms with Crippen molar-refractivity contribution in [1.82, 2.24) is 0 Å². The van der Waals surface area contributed by atoms with E-state index in [1.165, 1.54) is 5.56 Å². The maximum absolute atomic E-state index is 5.79. The van der Waals surface area contributed by atoms with Gasteiger partial charge in [0.1, 0.15) is 0 Å². The van der Waals surface area contributed by atoms with Crippen LogP contribution in [0.4, 0.5) is 0 Å². The molecule has 0 bridgehead atoms. The molecule has 1 aliphatic carbocycles. The number of benzene rings is 1. The molecule has 0 unspecified atom stereocenters. The largest absolute Gasteiger partial charge is 0.493 e. The molecule has 0 radical (unpaired) electrons. The first-order valence-corrected chi connectivity index (χ1v) is 7.73. The van der Waals surface area contributed by atoms with Crippen LogP contribution in [0, 0.1) is 5.92 Å². The van der Waals surface area contributed by atoms with Crippen molar-refractivity contribution in [3.05, 3.63) is 23.8 Å². The monoisotopic (exact) mass is 292 g/mol. The van der Waals surface area contributed by atoms with E-state index in [0.717, 1.165) is 56.8 Å². The lowest BCUT2D eigenvalue weighted by molar-refractivity contribution is -0.182. The highest BCUT2D eigenvalue weighted by Crippen LogP contribution is 2.39. The van der Waals surface area contributed by atoms with Crippen LogP contribution in [0.2, 0.25) is 0 Å². The fourth-order valence-corrected chi connectivity index (χ4v) is 3.45. The Kier molecular flexibility index (Phi) is 4.36. The summed E-state index contributed by atoms with van der Waals surface area (Å²) in [5.74, 6) is 2.04. The molecule has 116 valence electrons. The molecule has 0 N–H and O–H groups in total. The fraction of sp³-hybridized carbons (Fsp3) is 0.647. The van der Waals surface area contributed by atoms with Gasteiger partial charge < -0.3 is 18.9 Å². The molecule has 1 aromatic rings. The van der Waals surface area contributed by atoms with Crippen molar-refractivity contribution in [3.63, 3.8) is 0 Å². The highest BCUT2D eigenvalue weighted by atomic mass is 16.7. The zero-order valence-corrected chi connectivity index (χ0v) is 12.9. The number of hydrogen-bond donors (Lipinski definition) is 0. The molecule has 1 heterocycles. The third-order valence-electron chi connectivity index (χ3n) is 4.65. The molecule has 4 nitrogen and oxygen atoms in total. The summed E-state index contributed by atoms with van der Waals surface area (Å²) in [5.41, 5.74) is 1.31. The summed E-state index contributed by atoms with van der Waals surface area (Å²) < 4.78 is 22.2. The van der Waals surface area contributed by atoms with Gasteiger partial charge in [0.15, 0.2) is 17.3 Å². The van der Waals surface area contributed by atoms with Gasteiger partial charge in [-0.3, -0.25) is 0 Å². The Hall–Kier alpha value is -1.26.